The quantitative estimate of drug-likeness (QED) is 0.423. The van der Waals surface area contributed by atoms with Gasteiger partial charge in [-0.2, -0.15) is 5.10 Å². The summed E-state index contributed by atoms with van der Waals surface area (Å²) in [6.07, 6.45) is 1.41. The average molecular weight is 380 g/mol. The molecule has 2 heterocycles. The summed E-state index contributed by atoms with van der Waals surface area (Å²) in [5, 5.41) is 7.24. The summed E-state index contributed by atoms with van der Waals surface area (Å²) in [5.74, 6) is 6.30. The highest BCUT2D eigenvalue weighted by Crippen LogP contribution is 2.30. The molecule has 0 saturated carbocycles. The zero-order valence-electron chi connectivity index (χ0n) is 15.4. The monoisotopic (exact) mass is 380 g/mol. The lowest BCUT2D eigenvalue weighted by atomic mass is 10.0. The molecule has 9 heteroatoms. The fraction of sp³-hybridized carbons (Fsp3) is 0.529. The summed E-state index contributed by atoms with van der Waals surface area (Å²) in [6.45, 7) is 5.50. The summed E-state index contributed by atoms with van der Waals surface area (Å²) < 4.78 is 10.4. The fourth-order valence-electron chi connectivity index (χ4n) is 2.51. The number of nitrogens with zero attached hydrogens (tertiary/aromatic N) is 2. The minimum Gasteiger partial charge on any atom is -0.496 e. The van der Waals surface area contributed by atoms with Crippen molar-refractivity contribution >= 4 is 28.4 Å². The molecule has 0 saturated heterocycles. The van der Waals surface area contributed by atoms with Crippen LogP contribution in [0.5, 0.6) is 5.75 Å². The third-order valence-corrected chi connectivity index (χ3v) is 5.42. The molecule has 0 bridgehead atoms. The number of nitrogens with one attached hydrogen (secondary N) is 1. The Balaban J connectivity index is 2.25. The molecule has 0 spiro atoms. The van der Waals surface area contributed by atoms with Crippen molar-refractivity contribution in [3.8, 4) is 5.75 Å². The van der Waals surface area contributed by atoms with E-state index in [2.05, 4.69) is 15.4 Å². The van der Waals surface area contributed by atoms with Crippen molar-refractivity contribution in [1.82, 2.24) is 5.32 Å². The fourth-order valence-corrected chi connectivity index (χ4v) is 3.65. The van der Waals surface area contributed by atoms with E-state index in [1.54, 1.807) is 19.9 Å². The van der Waals surface area contributed by atoms with Crippen molar-refractivity contribution in [2.45, 2.75) is 45.2 Å². The Hall–Kier alpha value is -2.29. The molecule has 1 amide bonds. The van der Waals surface area contributed by atoms with Crippen molar-refractivity contribution in [2.75, 3.05) is 12.9 Å². The van der Waals surface area contributed by atoms with E-state index in [9.17, 15) is 9.59 Å². The largest absolute Gasteiger partial charge is 0.496 e. The molecule has 3 N–H and O–H groups in total. The highest BCUT2D eigenvalue weighted by molar-refractivity contribution is 8.16. The molecular formula is C17H24N4O4S. The normalized spacial score (nSPS) is 21.2. The van der Waals surface area contributed by atoms with Crippen LogP contribution >= 0.6 is 11.8 Å². The second kappa shape index (κ2) is 8.39. The first-order chi connectivity index (χ1) is 12.3. The van der Waals surface area contributed by atoms with E-state index >= 15 is 0 Å². The lowest BCUT2D eigenvalue weighted by Crippen LogP contribution is -2.45. The van der Waals surface area contributed by atoms with Crippen LogP contribution < -0.4 is 21.5 Å². The van der Waals surface area contributed by atoms with Crippen molar-refractivity contribution in [3.63, 3.8) is 0 Å². The number of methoxy groups -OCH3 is 1. The predicted molar refractivity (Wildman–Crippen MR) is 103 cm³/mol. The zero-order chi connectivity index (χ0) is 19.3. The molecule has 0 radical (unpaired) electrons. The van der Waals surface area contributed by atoms with Crippen molar-refractivity contribution in [1.29, 1.82) is 0 Å². The van der Waals surface area contributed by atoms with E-state index in [1.165, 1.54) is 24.9 Å². The Bertz CT molecular complexity index is 789. The number of hydrogen-bond donors (Lipinski definition) is 2. The van der Waals surface area contributed by atoms with Gasteiger partial charge in [0.1, 0.15) is 22.1 Å². The molecule has 2 rings (SSSR count). The van der Waals surface area contributed by atoms with Crippen LogP contribution in [0.15, 0.2) is 31.4 Å². The maximum Gasteiger partial charge on any atom is 0.339 e. The maximum atomic E-state index is 12.9. The van der Waals surface area contributed by atoms with Crippen LogP contribution in [0.25, 0.3) is 0 Å². The summed E-state index contributed by atoms with van der Waals surface area (Å²) in [5.41, 5.74) is -0.861. The standard InChI is InChI=1S/C17H24N4O4S/c1-5-6-12(13-7-11(24-4)8-14(22)25-13)19-16(23)17(3)9-26-15(20-17)10(2)21-18/h7-8,12H,5-6,9,18H2,1-4H3,(H,19,23)/b21-10+/t12-,17?/m1/s1. The van der Waals surface area contributed by atoms with Gasteiger partial charge in [-0.15, -0.1) is 11.8 Å². The van der Waals surface area contributed by atoms with E-state index in [-0.39, 0.29) is 5.91 Å². The molecule has 2 atom stereocenters. The van der Waals surface area contributed by atoms with E-state index in [4.69, 9.17) is 15.0 Å². The topological polar surface area (TPSA) is 119 Å². The maximum absolute atomic E-state index is 12.9. The SMILES string of the molecule is CCC[C@@H](NC(=O)C1(C)CSC(/C(C)=N/N)=N1)c1cc(OC)cc(=O)o1. The van der Waals surface area contributed by atoms with Gasteiger partial charge in [-0.05, 0) is 20.3 Å². The first-order valence-electron chi connectivity index (χ1n) is 8.30. The number of hydrogen-bond acceptors (Lipinski definition) is 8. The molecule has 1 aromatic rings. The van der Waals surface area contributed by atoms with Crippen LogP contribution in [0.1, 0.15) is 45.4 Å². The zero-order valence-corrected chi connectivity index (χ0v) is 16.2. The minimum absolute atomic E-state index is 0.242. The second-order valence-corrected chi connectivity index (χ2v) is 7.19. The van der Waals surface area contributed by atoms with E-state index in [0.29, 0.717) is 34.4 Å². The van der Waals surface area contributed by atoms with Gasteiger partial charge >= 0.3 is 5.63 Å². The molecule has 1 unspecified atom stereocenters. The van der Waals surface area contributed by atoms with E-state index in [1.807, 2.05) is 6.92 Å². The van der Waals surface area contributed by atoms with Gasteiger partial charge < -0.3 is 20.3 Å². The Morgan fingerprint density at radius 3 is 2.92 bits per heavy atom. The molecule has 1 aromatic heterocycles. The molecule has 0 aromatic carbocycles. The third kappa shape index (κ3) is 4.46. The first kappa shape index (κ1) is 20.0. The molecule has 0 aliphatic carbocycles. The minimum atomic E-state index is -0.933. The molecular weight excluding hydrogens is 356 g/mol. The van der Waals surface area contributed by atoms with Crippen molar-refractivity contribution in [2.24, 2.45) is 15.9 Å². The summed E-state index contributed by atoms with van der Waals surface area (Å²) >= 11 is 1.44. The van der Waals surface area contributed by atoms with Gasteiger partial charge in [-0.25, -0.2) is 4.79 Å². The number of hydrazone groups is 1. The van der Waals surface area contributed by atoms with Crippen LogP contribution in [0.3, 0.4) is 0 Å². The molecule has 142 valence electrons. The Morgan fingerprint density at radius 2 is 2.31 bits per heavy atom. The smallest absolute Gasteiger partial charge is 0.339 e. The lowest BCUT2D eigenvalue weighted by molar-refractivity contribution is -0.125. The Kier molecular flexibility index (Phi) is 6.47. The van der Waals surface area contributed by atoms with Crippen LogP contribution in [-0.2, 0) is 4.79 Å². The summed E-state index contributed by atoms with van der Waals surface area (Å²) in [6, 6.07) is 2.43. The molecule has 0 fully saturated rings. The Morgan fingerprint density at radius 1 is 1.58 bits per heavy atom. The number of amides is 1. The van der Waals surface area contributed by atoms with Crippen LogP contribution in [-0.4, -0.2) is 35.1 Å². The first-order valence-corrected chi connectivity index (χ1v) is 9.29. The summed E-state index contributed by atoms with van der Waals surface area (Å²) in [7, 11) is 1.47. The molecule has 8 nitrogen and oxygen atoms in total. The number of carbonyl (C=O) groups excluding carboxylic acids is 1. The van der Waals surface area contributed by atoms with Gasteiger partial charge in [0, 0.05) is 11.8 Å². The van der Waals surface area contributed by atoms with E-state index in [0.717, 1.165) is 6.42 Å². The predicted octanol–water partition coefficient (Wildman–Crippen LogP) is 1.84. The second-order valence-electron chi connectivity index (χ2n) is 6.23. The van der Waals surface area contributed by atoms with Gasteiger partial charge in [0.25, 0.3) is 0 Å². The number of nitrogens with two attached hydrogens (primary N) is 1. The molecule has 1 aliphatic rings. The van der Waals surface area contributed by atoms with Gasteiger partial charge in [-0.3, -0.25) is 9.79 Å². The van der Waals surface area contributed by atoms with Gasteiger partial charge in [0.15, 0.2) is 0 Å². The number of carbonyl (C=O) groups is 1. The third-order valence-electron chi connectivity index (χ3n) is 4.06. The van der Waals surface area contributed by atoms with Crippen LogP contribution in [0.4, 0.5) is 0 Å². The van der Waals surface area contributed by atoms with Gasteiger partial charge in [0.2, 0.25) is 5.91 Å². The highest BCUT2D eigenvalue weighted by atomic mass is 32.2. The van der Waals surface area contributed by atoms with Crippen molar-refractivity contribution < 1.29 is 13.9 Å². The highest BCUT2D eigenvalue weighted by Gasteiger charge is 2.40. The Labute approximate surface area is 156 Å². The number of rotatable bonds is 7. The van der Waals surface area contributed by atoms with Gasteiger partial charge in [0.05, 0.1) is 24.9 Å². The van der Waals surface area contributed by atoms with Crippen molar-refractivity contribution in [3.05, 3.63) is 28.3 Å². The molecule has 1 aliphatic heterocycles. The van der Waals surface area contributed by atoms with E-state index < -0.39 is 17.2 Å². The average Bonchev–Trinajstić information content (AvgIpc) is 3.03. The van der Waals surface area contributed by atoms with Crippen LogP contribution in [0.2, 0.25) is 0 Å². The van der Waals surface area contributed by atoms with Crippen LogP contribution in [0, 0.1) is 0 Å². The number of aliphatic imine (C=N–C) groups is 1. The summed E-state index contributed by atoms with van der Waals surface area (Å²) in [4.78, 5) is 29.1. The number of ether oxygens (including phenoxy) is 1. The lowest BCUT2D eigenvalue weighted by Gasteiger charge is -2.24. The number of thioether (sulfide) groups is 1. The van der Waals surface area contributed by atoms with Gasteiger partial charge in [-0.1, -0.05) is 13.3 Å². The molecule has 26 heavy (non-hydrogen) atoms.